The van der Waals surface area contributed by atoms with Gasteiger partial charge in [-0.1, -0.05) is 35.9 Å². The Hall–Kier alpha value is -1.17. The van der Waals surface area contributed by atoms with Crippen molar-refractivity contribution < 1.29 is 5.11 Å². The lowest BCUT2D eigenvalue weighted by Gasteiger charge is -2.15. The molecule has 2 nitrogen and oxygen atoms in total. The first-order chi connectivity index (χ1) is 9.66. The Morgan fingerprint density at radius 3 is 2.70 bits per heavy atom. The molecule has 0 aliphatic carbocycles. The highest BCUT2D eigenvalue weighted by Crippen LogP contribution is 2.31. The highest BCUT2D eigenvalue weighted by Gasteiger charge is 2.17. The maximum absolute atomic E-state index is 10.7. The molecule has 20 heavy (non-hydrogen) atoms. The average Bonchev–Trinajstić information content (AvgIpc) is 2.48. The first-order valence-electron chi connectivity index (χ1n) is 6.13. The lowest BCUT2D eigenvalue weighted by molar-refractivity contribution is 0.221. The van der Waals surface area contributed by atoms with Crippen molar-refractivity contribution in [3.8, 4) is 0 Å². The predicted molar refractivity (Wildman–Crippen MR) is 90.0 cm³/mol. The fraction of sp³-hybridized carbons (Fsp3) is 0.0625. The third kappa shape index (κ3) is 2.53. The summed E-state index contributed by atoms with van der Waals surface area (Å²) in [5.74, 6) is 0. The molecule has 0 amide bonds. The summed E-state index contributed by atoms with van der Waals surface area (Å²) < 4.78 is 0.979. The fourth-order valence-corrected chi connectivity index (χ4v) is 3.05. The van der Waals surface area contributed by atoms with E-state index in [-0.39, 0.29) is 0 Å². The quantitative estimate of drug-likeness (QED) is 0.645. The molecule has 2 aromatic carbocycles. The van der Waals surface area contributed by atoms with Crippen molar-refractivity contribution in [1.29, 1.82) is 0 Å². The molecule has 1 atom stereocenters. The number of pyridine rings is 1. The molecule has 0 fully saturated rings. The van der Waals surface area contributed by atoms with Crippen LogP contribution in [0.2, 0.25) is 5.02 Å². The van der Waals surface area contributed by atoms with Gasteiger partial charge in [-0.15, -0.1) is 0 Å². The van der Waals surface area contributed by atoms with Gasteiger partial charge in [0.25, 0.3) is 0 Å². The molecule has 0 radical (unpaired) electrons. The maximum atomic E-state index is 10.7. The van der Waals surface area contributed by atoms with Crippen LogP contribution in [0.1, 0.15) is 17.2 Å². The Morgan fingerprint density at radius 2 is 1.85 bits per heavy atom. The molecule has 100 valence electrons. The maximum Gasteiger partial charge on any atom is 0.107 e. The van der Waals surface area contributed by atoms with Crippen LogP contribution in [-0.2, 0) is 0 Å². The van der Waals surface area contributed by atoms with Gasteiger partial charge in [-0.25, -0.2) is 0 Å². The molecule has 0 saturated carbocycles. The van der Waals surface area contributed by atoms with E-state index in [1.54, 1.807) is 12.3 Å². The van der Waals surface area contributed by atoms with Crippen LogP contribution in [0.4, 0.5) is 0 Å². The topological polar surface area (TPSA) is 33.1 Å². The second-order valence-corrected chi connectivity index (χ2v) is 6.09. The lowest BCUT2D eigenvalue weighted by Crippen LogP contribution is -2.03. The number of rotatable bonds is 2. The fourth-order valence-electron chi connectivity index (χ4n) is 2.24. The summed E-state index contributed by atoms with van der Waals surface area (Å²) in [6.07, 6.45) is 1.00. The minimum atomic E-state index is -0.737. The van der Waals surface area contributed by atoms with Gasteiger partial charge in [-0.2, -0.15) is 0 Å². The van der Waals surface area contributed by atoms with Crippen molar-refractivity contribution in [2.24, 2.45) is 0 Å². The molecule has 1 N–H and O–H groups in total. The van der Waals surface area contributed by atoms with Crippen LogP contribution in [0.25, 0.3) is 10.9 Å². The number of halogens is 2. The molecule has 3 aromatic rings. The third-order valence-electron chi connectivity index (χ3n) is 3.21. The number of fused-ring (bicyclic) bond motifs is 1. The van der Waals surface area contributed by atoms with E-state index in [2.05, 4.69) is 27.6 Å². The van der Waals surface area contributed by atoms with Crippen LogP contribution < -0.4 is 0 Å². The molecule has 3 rings (SSSR count). The number of hydrogen-bond donors (Lipinski definition) is 1. The van der Waals surface area contributed by atoms with Crippen LogP contribution in [0.5, 0.6) is 0 Å². The summed E-state index contributed by atoms with van der Waals surface area (Å²) >= 11 is 8.24. The SMILES string of the molecule is OC(c1cc(Cl)ccc1I)c1cccc2cccnc12. The van der Waals surface area contributed by atoms with Crippen molar-refractivity contribution in [3.63, 3.8) is 0 Å². The second kappa shape index (κ2) is 5.68. The number of aromatic nitrogens is 1. The summed E-state index contributed by atoms with van der Waals surface area (Å²) in [5.41, 5.74) is 2.41. The summed E-state index contributed by atoms with van der Waals surface area (Å²) in [7, 11) is 0. The molecule has 0 spiro atoms. The van der Waals surface area contributed by atoms with Gasteiger partial charge in [0, 0.05) is 25.7 Å². The first kappa shape index (κ1) is 13.8. The Bertz CT molecular complexity index is 770. The molecular weight excluding hydrogens is 385 g/mol. The zero-order chi connectivity index (χ0) is 14.1. The summed E-state index contributed by atoms with van der Waals surface area (Å²) in [5, 5.41) is 12.3. The van der Waals surface area contributed by atoms with Gasteiger partial charge in [0.2, 0.25) is 0 Å². The first-order valence-corrected chi connectivity index (χ1v) is 7.59. The number of benzene rings is 2. The number of aliphatic hydroxyl groups excluding tert-OH is 1. The molecule has 0 aliphatic rings. The van der Waals surface area contributed by atoms with E-state index in [9.17, 15) is 5.11 Å². The van der Waals surface area contributed by atoms with Gasteiger partial charge in [0.1, 0.15) is 6.10 Å². The minimum Gasteiger partial charge on any atom is -0.384 e. The number of hydrogen-bond acceptors (Lipinski definition) is 2. The van der Waals surface area contributed by atoms with Gasteiger partial charge >= 0.3 is 0 Å². The van der Waals surface area contributed by atoms with Gasteiger partial charge in [0.15, 0.2) is 0 Å². The van der Waals surface area contributed by atoms with E-state index in [0.717, 1.165) is 25.6 Å². The smallest absolute Gasteiger partial charge is 0.107 e. The van der Waals surface area contributed by atoms with Crippen molar-refractivity contribution >= 4 is 45.1 Å². The molecule has 1 heterocycles. The second-order valence-electron chi connectivity index (χ2n) is 4.49. The molecule has 0 saturated heterocycles. The van der Waals surface area contributed by atoms with Crippen molar-refractivity contribution in [2.75, 3.05) is 0 Å². The van der Waals surface area contributed by atoms with Crippen molar-refractivity contribution in [2.45, 2.75) is 6.10 Å². The minimum absolute atomic E-state index is 0.618. The van der Waals surface area contributed by atoms with Crippen LogP contribution in [-0.4, -0.2) is 10.1 Å². The van der Waals surface area contributed by atoms with E-state index in [4.69, 9.17) is 11.6 Å². The van der Waals surface area contributed by atoms with Gasteiger partial charge in [0.05, 0.1) is 5.52 Å². The lowest BCUT2D eigenvalue weighted by atomic mass is 9.99. The van der Waals surface area contributed by atoms with Gasteiger partial charge < -0.3 is 5.11 Å². The molecule has 1 aromatic heterocycles. The van der Waals surface area contributed by atoms with E-state index in [1.165, 1.54) is 0 Å². The molecular formula is C16H11ClINO. The number of para-hydroxylation sites is 1. The zero-order valence-corrected chi connectivity index (χ0v) is 13.3. The van der Waals surface area contributed by atoms with Crippen molar-refractivity contribution in [1.82, 2.24) is 4.98 Å². The van der Waals surface area contributed by atoms with E-state index < -0.39 is 6.10 Å². The van der Waals surface area contributed by atoms with Crippen LogP contribution in [0.3, 0.4) is 0 Å². The Labute approximate surface area is 135 Å². The number of aliphatic hydroxyl groups is 1. The zero-order valence-electron chi connectivity index (χ0n) is 10.4. The predicted octanol–water partition coefficient (Wildman–Crippen LogP) is 4.57. The average molecular weight is 396 g/mol. The monoisotopic (exact) mass is 395 g/mol. The van der Waals surface area contributed by atoms with Gasteiger partial charge in [-0.05, 0) is 52.4 Å². The highest BCUT2D eigenvalue weighted by molar-refractivity contribution is 14.1. The van der Waals surface area contributed by atoms with E-state index in [1.807, 2.05) is 42.5 Å². The van der Waals surface area contributed by atoms with Crippen LogP contribution in [0, 0.1) is 3.57 Å². The highest BCUT2D eigenvalue weighted by atomic mass is 127. The summed E-state index contributed by atoms with van der Waals surface area (Å²) in [6, 6.07) is 15.2. The Balaban J connectivity index is 2.17. The summed E-state index contributed by atoms with van der Waals surface area (Å²) in [4.78, 5) is 4.38. The Kier molecular flexibility index (Phi) is 3.92. The normalized spacial score (nSPS) is 12.6. The summed E-state index contributed by atoms with van der Waals surface area (Å²) in [6.45, 7) is 0. The largest absolute Gasteiger partial charge is 0.384 e. The van der Waals surface area contributed by atoms with E-state index >= 15 is 0 Å². The van der Waals surface area contributed by atoms with E-state index in [0.29, 0.717) is 5.02 Å². The van der Waals surface area contributed by atoms with Crippen molar-refractivity contribution in [3.05, 3.63) is 74.4 Å². The molecule has 4 heteroatoms. The Morgan fingerprint density at radius 1 is 1.05 bits per heavy atom. The van der Waals surface area contributed by atoms with Crippen LogP contribution in [0.15, 0.2) is 54.7 Å². The molecule has 1 unspecified atom stereocenters. The van der Waals surface area contributed by atoms with Gasteiger partial charge in [-0.3, -0.25) is 4.98 Å². The standard InChI is InChI=1S/C16H11ClINO/c17-11-6-7-14(18)13(9-11)16(20)12-5-1-3-10-4-2-8-19-15(10)12/h1-9,16,20H. The number of nitrogens with zero attached hydrogens (tertiary/aromatic N) is 1. The van der Waals surface area contributed by atoms with Crippen LogP contribution >= 0.6 is 34.2 Å². The molecule has 0 aliphatic heterocycles. The molecule has 0 bridgehead atoms. The third-order valence-corrected chi connectivity index (χ3v) is 4.43.